The third-order valence-corrected chi connectivity index (χ3v) is 15.4. The molecule has 5 aliphatic carbocycles. The van der Waals surface area contributed by atoms with Crippen LogP contribution in [0.2, 0.25) is 0 Å². The van der Waals surface area contributed by atoms with Gasteiger partial charge in [-0.1, -0.05) is 48.5 Å². The van der Waals surface area contributed by atoms with Crippen molar-refractivity contribution in [2.24, 2.45) is 50.7 Å². The Morgan fingerprint density at radius 1 is 1.00 bits per heavy atom. The highest BCUT2D eigenvalue weighted by atomic mass is 32.1. The summed E-state index contributed by atoms with van der Waals surface area (Å²) in [5, 5.41) is 14.8. The van der Waals surface area contributed by atoms with Gasteiger partial charge in [-0.05, 0) is 116 Å². The second-order valence-electron chi connectivity index (χ2n) is 18.3. The number of nitrogens with zero attached hydrogens (tertiary/aromatic N) is 1. The van der Waals surface area contributed by atoms with Gasteiger partial charge >= 0.3 is 11.9 Å². The molecule has 0 spiro atoms. The summed E-state index contributed by atoms with van der Waals surface area (Å²) in [6, 6.07) is 0. The Bertz CT molecular complexity index is 1540. The zero-order valence-electron chi connectivity index (χ0n) is 30.5. The number of ether oxygens (including phenoxy) is 1. The number of carboxylic acid groups (broad SMARTS) is 1. The number of carboxylic acids is 1. The summed E-state index contributed by atoms with van der Waals surface area (Å²) in [6.45, 7) is 19.4. The molecular formula is C39H56N2O6S. The third kappa shape index (κ3) is 5.06. The van der Waals surface area contributed by atoms with Crippen molar-refractivity contribution in [2.45, 2.75) is 138 Å². The first-order valence-electron chi connectivity index (χ1n) is 18.1. The number of hydrogen-bond acceptors (Lipinski definition) is 7. The van der Waals surface area contributed by atoms with Crippen LogP contribution in [0.15, 0.2) is 22.0 Å². The van der Waals surface area contributed by atoms with Crippen LogP contribution in [0.1, 0.15) is 137 Å². The van der Waals surface area contributed by atoms with Gasteiger partial charge in [0.15, 0.2) is 5.78 Å². The highest BCUT2D eigenvalue weighted by Crippen LogP contribution is 2.76. The molecule has 1 aromatic rings. The summed E-state index contributed by atoms with van der Waals surface area (Å²) in [7, 11) is 0. The van der Waals surface area contributed by atoms with Crippen molar-refractivity contribution in [3.8, 4) is 0 Å². The molecule has 264 valence electrons. The van der Waals surface area contributed by atoms with E-state index in [9.17, 15) is 24.3 Å². The van der Waals surface area contributed by atoms with E-state index < -0.39 is 22.9 Å². The predicted molar refractivity (Wildman–Crippen MR) is 185 cm³/mol. The Balaban J connectivity index is 1.30. The number of aliphatic carboxylic acids is 1. The van der Waals surface area contributed by atoms with Gasteiger partial charge in [-0.25, -0.2) is 4.98 Å². The number of carbonyl (C=O) groups excluding carboxylic acids is 3. The maximum absolute atomic E-state index is 13.8. The fourth-order valence-electron chi connectivity index (χ4n) is 12.2. The summed E-state index contributed by atoms with van der Waals surface area (Å²) in [5.41, 5.74) is 2.26. The Morgan fingerprint density at radius 2 is 1.71 bits per heavy atom. The lowest BCUT2D eigenvalue weighted by Crippen LogP contribution is -2.67. The lowest BCUT2D eigenvalue weighted by atomic mass is 9.33. The zero-order chi connectivity index (χ0) is 35.2. The van der Waals surface area contributed by atoms with Gasteiger partial charge in [0.05, 0.1) is 22.9 Å². The van der Waals surface area contributed by atoms with Crippen LogP contribution in [0.3, 0.4) is 0 Å². The first-order chi connectivity index (χ1) is 22.2. The van der Waals surface area contributed by atoms with Crippen LogP contribution in [-0.4, -0.2) is 45.4 Å². The molecule has 3 unspecified atom stereocenters. The number of amides is 1. The summed E-state index contributed by atoms with van der Waals surface area (Å²) < 4.78 is 6.14. The monoisotopic (exact) mass is 680 g/mol. The molecule has 1 heterocycles. The fourth-order valence-corrected chi connectivity index (χ4v) is 12.7. The van der Waals surface area contributed by atoms with E-state index in [4.69, 9.17) is 4.74 Å². The van der Waals surface area contributed by atoms with Gasteiger partial charge in [0, 0.05) is 17.2 Å². The maximum atomic E-state index is 13.8. The number of hydrogen-bond donors (Lipinski definition) is 2. The van der Waals surface area contributed by atoms with Gasteiger partial charge in [-0.15, -0.1) is 11.3 Å². The molecule has 5 aliphatic rings. The maximum Gasteiger partial charge on any atom is 0.309 e. The molecule has 48 heavy (non-hydrogen) atoms. The van der Waals surface area contributed by atoms with Crippen LogP contribution in [0.5, 0.6) is 0 Å². The molecule has 0 radical (unpaired) electrons. The Hall–Kier alpha value is -2.55. The number of ketones is 1. The molecule has 1 amide bonds. The number of fused-ring (bicyclic) bond motifs is 7. The number of esters is 1. The van der Waals surface area contributed by atoms with Crippen molar-refractivity contribution in [1.82, 2.24) is 10.3 Å². The number of allylic oxidation sites excluding steroid dienone is 1. The summed E-state index contributed by atoms with van der Waals surface area (Å²) in [5.74, 6) is -0.274. The van der Waals surface area contributed by atoms with E-state index in [0.29, 0.717) is 24.0 Å². The minimum atomic E-state index is -1.17. The number of rotatable bonds is 7. The van der Waals surface area contributed by atoms with E-state index in [2.05, 4.69) is 58.8 Å². The summed E-state index contributed by atoms with van der Waals surface area (Å²) in [6.07, 6.45) is 7.57. The quantitative estimate of drug-likeness (QED) is 0.280. The lowest BCUT2D eigenvalue weighted by molar-refractivity contribution is -0.232. The molecule has 1 aromatic heterocycles. The van der Waals surface area contributed by atoms with Crippen molar-refractivity contribution < 1.29 is 29.0 Å². The number of carbonyl (C=O) groups is 4. The van der Waals surface area contributed by atoms with Gasteiger partial charge in [-0.2, -0.15) is 0 Å². The Labute approximate surface area is 290 Å². The smallest absolute Gasteiger partial charge is 0.309 e. The standard InChI is InChI=1S/C39H56N2O6S/c1-22(2)30-25(42)18-39(41-32(44)24-20-48-21-40-24)17-16-37(8)23(31(30)39)10-11-27-36(7)14-13-28(47-29(43)19-34(3,4)33(45)46)35(5,6)26(36)12-15-38(27,37)9/h20-23,26-28H,10-19H2,1-9H3,(H,41,44)(H,45,46)/t23?,26?,27?,28-,36-,37+,38+,39+/m0/s1. The van der Waals surface area contributed by atoms with Crippen molar-refractivity contribution in [3.63, 3.8) is 0 Å². The topological polar surface area (TPSA) is 123 Å². The van der Waals surface area contributed by atoms with E-state index >= 15 is 0 Å². The molecule has 8 atom stereocenters. The molecule has 9 heteroatoms. The Morgan fingerprint density at radius 3 is 2.33 bits per heavy atom. The predicted octanol–water partition coefficient (Wildman–Crippen LogP) is 8.02. The summed E-state index contributed by atoms with van der Waals surface area (Å²) >= 11 is 1.41. The molecule has 0 bridgehead atoms. The molecule has 0 saturated heterocycles. The molecule has 0 aromatic carbocycles. The van der Waals surface area contributed by atoms with E-state index in [0.717, 1.165) is 56.9 Å². The third-order valence-electron chi connectivity index (χ3n) is 14.8. The van der Waals surface area contributed by atoms with Crippen molar-refractivity contribution in [3.05, 3.63) is 27.7 Å². The first-order valence-corrected chi connectivity index (χ1v) is 19.1. The van der Waals surface area contributed by atoms with E-state index in [-0.39, 0.29) is 57.7 Å². The lowest BCUT2D eigenvalue weighted by Gasteiger charge is -2.72. The fraction of sp³-hybridized carbons (Fsp3) is 0.769. The average Bonchev–Trinajstić information content (AvgIpc) is 3.61. The van der Waals surface area contributed by atoms with Crippen molar-refractivity contribution in [1.29, 1.82) is 0 Å². The summed E-state index contributed by atoms with van der Waals surface area (Å²) in [4.78, 5) is 56.4. The molecule has 0 aliphatic heterocycles. The highest BCUT2D eigenvalue weighted by molar-refractivity contribution is 7.07. The van der Waals surface area contributed by atoms with Gasteiger partial charge in [-0.3, -0.25) is 19.2 Å². The molecule has 2 N–H and O–H groups in total. The second-order valence-corrected chi connectivity index (χ2v) is 19.0. The molecule has 6 rings (SSSR count). The van der Waals surface area contributed by atoms with Crippen molar-refractivity contribution >= 4 is 35.0 Å². The normalized spacial score (nSPS) is 38.8. The average molecular weight is 681 g/mol. The second kappa shape index (κ2) is 11.5. The number of Topliss-reactive ketones (excluding diaryl/α,β-unsaturated/α-hetero) is 1. The van der Waals surface area contributed by atoms with E-state index in [1.54, 1.807) is 24.7 Å². The largest absolute Gasteiger partial charge is 0.481 e. The van der Waals surface area contributed by atoms with Gasteiger partial charge in [0.25, 0.3) is 5.91 Å². The molecule has 4 fully saturated rings. The Kier molecular flexibility index (Phi) is 8.45. The van der Waals surface area contributed by atoms with Gasteiger partial charge < -0.3 is 15.2 Å². The SMILES string of the molecule is CC(C)C1=C2C3CCC4[C@@]5(C)CC[C@H](OC(=O)CC(C)(C)C(=O)O)C(C)(C)C5CC[C@@]4(C)[C@]3(C)CC[C@@]2(NC(=O)c2cscn2)CC1=O. The van der Waals surface area contributed by atoms with E-state index in [1.807, 2.05) is 0 Å². The number of thiazole rings is 1. The minimum absolute atomic E-state index is 0.0330. The van der Waals surface area contributed by atoms with Crippen LogP contribution >= 0.6 is 11.3 Å². The van der Waals surface area contributed by atoms with Crippen LogP contribution < -0.4 is 5.32 Å². The number of nitrogens with one attached hydrogen (secondary N) is 1. The van der Waals surface area contributed by atoms with Gasteiger partial charge in [0.1, 0.15) is 11.8 Å². The van der Waals surface area contributed by atoms with Crippen LogP contribution in [0, 0.1) is 50.7 Å². The number of aromatic nitrogens is 1. The van der Waals surface area contributed by atoms with Crippen LogP contribution in [0.4, 0.5) is 0 Å². The molecule has 8 nitrogen and oxygen atoms in total. The van der Waals surface area contributed by atoms with Crippen molar-refractivity contribution in [2.75, 3.05) is 0 Å². The van der Waals surface area contributed by atoms with Crippen LogP contribution in [0.25, 0.3) is 0 Å². The molecule has 4 saturated carbocycles. The molecular weight excluding hydrogens is 625 g/mol. The minimum Gasteiger partial charge on any atom is -0.481 e. The zero-order valence-corrected chi connectivity index (χ0v) is 31.3. The first kappa shape index (κ1) is 35.3. The van der Waals surface area contributed by atoms with E-state index in [1.165, 1.54) is 16.9 Å². The van der Waals surface area contributed by atoms with Crippen LogP contribution in [-0.2, 0) is 19.1 Å². The van der Waals surface area contributed by atoms with Gasteiger partial charge in [0.2, 0.25) is 0 Å². The highest BCUT2D eigenvalue weighted by Gasteiger charge is 2.70.